The van der Waals surface area contributed by atoms with Crippen molar-refractivity contribution in [2.24, 2.45) is 0 Å². The van der Waals surface area contributed by atoms with Crippen LogP contribution in [0.5, 0.6) is 5.75 Å². The van der Waals surface area contributed by atoms with Crippen LogP contribution < -0.4 is 4.74 Å². The fourth-order valence-electron chi connectivity index (χ4n) is 4.99. The van der Waals surface area contributed by atoms with E-state index in [0.29, 0.717) is 29.3 Å². The van der Waals surface area contributed by atoms with Gasteiger partial charge in [-0.1, -0.05) is 19.1 Å². The molecular weight excluding hydrogens is 521 g/mol. The minimum Gasteiger partial charge on any atom is -0.493 e. The number of halogens is 3. The minimum absolute atomic E-state index is 0.191. The van der Waals surface area contributed by atoms with Crippen LogP contribution in [-0.4, -0.2) is 35.1 Å². The lowest BCUT2D eigenvalue weighted by molar-refractivity contribution is -0.166. The second-order valence-corrected chi connectivity index (χ2v) is 10.6. The van der Waals surface area contributed by atoms with Gasteiger partial charge >= 0.3 is 12.1 Å². The first-order valence-electron chi connectivity index (χ1n) is 13.3. The van der Waals surface area contributed by atoms with Crippen LogP contribution in [0.2, 0.25) is 0 Å². The van der Waals surface area contributed by atoms with Crippen molar-refractivity contribution in [3.63, 3.8) is 0 Å². The third-order valence-corrected chi connectivity index (χ3v) is 6.77. The maximum Gasteiger partial charge on any atom is 0.416 e. The molecule has 0 saturated heterocycles. The van der Waals surface area contributed by atoms with Crippen molar-refractivity contribution in [1.29, 1.82) is 0 Å². The summed E-state index contributed by atoms with van der Waals surface area (Å²) in [7, 11) is 1.14. The normalized spacial score (nSPS) is 14.9. The molecule has 0 aliphatic carbocycles. The summed E-state index contributed by atoms with van der Waals surface area (Å²) in [5.74, 6) is -0.231. The van der Waals surface area contributed by atoms with E-state index >= 15 is 0 Å². The molecule has 1 atom stereocenters. The number of carbonyl (C=O) groups is 1. The lowest BCUT2D eigenvalue weighted by Crippen LogP contribution is -2.30. The summed E-state index contributed by atoms with van der Waals surface area (Å²) in [6, 6.07) is 9.50. The summed E-state index contributed by atoms with van der Waals surface area (Å²) in [4.78, 5) is 13.1. The zero-order chi connectivity index (χ0) is 29.2. The summed E-state index contributed by atoms with van der Waals surface area (Å²) in [6.45, 7) is 9.55. The minimum atomic E-state index is -4.77. The Balaban J connectivity index is 2.10. The summed E-state index contributed by atoms with van der Waals surface area (Å²) < 4.78 is 62.3. The third kappa shape index (κ3) is 6.09. The van der Waals surface area contributed by atoms with Crippen LogP contribution in [0.25, 0.3) is 22.4 Å². The second kappa shape index (κ2) is 11.5. The lowest BCUT2D eigenvalue weighted by atomic mass is 9.88. The number of hydrogen-bond donors (Lipinski definition) is 0. The van der Waals surface area contributed by atoms with Gasteiger partial charge in [-0.05, 0) is 94.0 Å². The first kappa shape index (κ1) is 29.4. The Morgan fingerprint density at radius 1 is 1.18 bits per heavy atom. The highest BCUT2D eigenvalue weighted by molar-refractivity contribution is 5.86. The Hall–Kier alpha value is -3.59. The molecule has 0 fully saturated rings. The highest BCUT2D eigenvalue weighted by Crippen LogP contribution is 2.46. The molecule has 4 rings (SSSR count). The number of rotatable bonds is 7. The van der Waals surface area contributed by atoms with Crippen molar-refractivity contribution in [3.8, 4) is 22.6 Å². The molecule has 214 valence electrons. The number of nitrogens with zero attached hydrogens (tertiary/aromatic N) is 2. The number of methoxy groups -OCH3 is 1. The molecule has 1 unspecified atom stereocenters. The highest BCUT2D eigenvalue weighted by atomic mass is 19.4. The van der Waals surface area contributed by atoms with E-state index in [-0.39, 0.29) is 11.1 Å². The second-order valence-electron chi connectivity index (χ2n) is 10.6. The molecule has 1 aliphatic rings. The van der Waals surface area contributed by atoms with Gasteiger partial charge in [0.1, 0.15) is 5.75 Å². The van der Waals surface area contributed by atoms with E-state index in [1.165, 1.54) is 6.07 Å². The van der Waals surface area contributed by atoms with Gasteiger partial charge in [-0.25, -0.2) is 9.48 Å². The predicted octanol–water partition coefficient (Wildman–Crippen LogP) is 7.73. The van der Waals surface area contributed by atoms with Crippen molar-refractivity contribution >= 4 is 11.5 Å². The van der Waals surface area contributed by atoms with Gasteiger partial charge in [-0.3, -0.25) is 0 Å². The van der Waals surface area contributed by atoms with Crippen molar-refractivity contribution in [2.75, 3.05) is 13.7 Å². The molecule has 0 saturated carbocycles. The van der Waals surface area contributed by atoms with Crippen LogP contribution in [0, 0.1) is 0 Å². The molecule has 9 heteroatoms. The van der Waals surface area contributed by atoms with Gasteiger partial charge in [-0.15, -0.1) is 0 Å². The fourth-order valence-corrected chi connectivity index (χ4v) is 4.99. The smallest absolute Gasteiger partial charge is 0.416 e. The Labute approximate surface area is 232 Å². The molecule has 1 aliphatic heterocycles. The predicted molar refractivity (Wildman–Crippen MR) is 147 cm³/mol. The highest BCUT2D eigenvalue weighted by Gasteiger charge is 2.42. The van der Waals surface area contributed by atoms with Gasteiger partial charge in [0.2, 0.25) is 0 Å². The number of alkyl halides is 3. The lowest BCUT2D eigenvalue weighted by Gasteiger charge is -2.30. The van der Waals surface area contributed by atoms with E-state index in [4.69, 9.17) is 19.3 Å². The maximum absolute atomic E-state index is 14.7. The van der Waals surface area contributed by atoms with Crippen molar-refractivity contribution < 1.29 is 32.2 Å². The number of esters is 1. The molecule has 0 bridgehead atoms. The van der Waals surface area contributed by atoms with Crippen LogP contribution in [0.3, 0.4) is 0 Å². The molecule has 0 radical (unpaired) electrons. The van der Waals surface area contributed by atoms with Crippen LogP contribution in [-0.2, 0) is 26.9 Å². The topological polar surface area (TPSA) is 62.6 Å². The third-order valence-electron chi connectivity index (χ3n) is 6.77. The van der Waals surface area contributed by atoms with Gasteiger partial charge in [0.25, 0.3) is 0 Å². The van der Waals surface area contributed by atoms with Crippen molar-refractivity contribution in [2.45, 2.75) is 71.8 Å². The Morgan fingerprint density at radius 3 is 2.55 bits per heavy atom. The maximum atomic E-state index is 14.7. The number of benzene rings is 2. The van der Waals surface area contributed by atoms with Gasteiger partial charge < -0.3 is 14.2 Å². The van der Waals surface area contributed by atoms with Gasteiger partial charge in [0.05, 0.1) is 36.3 Å². The Kier molecular flexibility index (Phi) is 8.44. The monoisotopic (exact) mass is 556 g/mol. The number of ether oxygens (including phenoxy) is 3. The van der Waals surface area contributed by atoms with Crippen LogP contribution in [0.1, 0.15) is 75.9 Å². The fraction of sp³-hybridized carbons (Fsp3) is 0.419. The molecular formula is C31H35F3N2O4. The number of fused-ring (bicyclic) bond motifs is 1. The van der Waals surface area contributed by atoms with E-state index < -0.39 is 29.4 Å². The molecule has 2 heterocycles. The number of carbonyl (C=O) groups excluding carboxylic acids is 1. The van der Waals surface area contributed by atoms with Crippen LogP contribution >= 0.6 is 0 Å². The molecule has 0 spiro atoms. The number of hydrogen-bond acceptors (Lipinski definition) is 5. The van der Waals surface area contributed by atoms with Crippen LogP contribution in [0.4, 0.5) is 13.2 Å². The molecule has 0 N–H and O–H groups in total. The molecule has 0 amide bonds. The Bertz CT molecular complexity index is 1420. The molecule has 40 heavy (non-hydrogen) atoms. The van der Waals surface area contributed by atoms with E-state index in [0.717, 1.165) is 43.6 Å². The average molecular weight is 557 g/mol. The summed E-state index contributed by atoms with van der Waals surface area (Å²) in [6.07, 6.45) is -0.499. The molecule has 2 aromatic carbocycles. The van der Waals surface area contributed by atoms with Gasteiger partial charge in [0, 0.05) is 17.3 Å². The summed E-state index contributed by atoms with van der Waals surface area (Å²) in [5, 5.41) is 4.71. The van der Waals surface area contributed by atoms with Gasteiger partial charge in [0.15, 0.2) is 6.10 Å². The number of aromatic nitrogens is 2. The molecule has 3 aromatic rings. The molecule has 6 nitrogen and oxygen atoms in total. The van der Waals surface area contributed by atoms with Crippen molar-refractivity contribution in [3.05, 3.63) is 71.1 Å². The summed E-state index contributed by atoms with van der Waals surface area (Å²) in [5.41, 5.74) is 1.41. The zero-order valence-electron chi connectivity index (χ0n) is 23.7. The zero-order valence-corrected chi connectivity index (χ0v) is 23.7. The van der Waals surface area contributed by atoms with Crippen molar-refractivity contribution in [1.82, 2.24) is 9.78 Å². The first-order valence-corrected chi connectivity index (χ1v) is 13.3. The number of aryl methyl sites for hydroxylation is 1. The first-order chi connectivity index (χ1) is 18.9. The quantitative estimate of drug-likeness (QED) is 0.279. The van der Waals surface area contributed by atoms with Gasteiger partial charge in [-0.2, -0.15) is 18.3 Å². The standard InChI is InChI=1S/C31H35F3N2O4/c1-7-19(8-2)23-15-16-36(35-23)24-13-12-22(31(32,33)34)27(28(29(37)38-6)40-30(3,4)5)26(24)21-11-14-25-20(18-21)10-9-17-39-25/h7,11-16,18,28H,8-10,17H2,1-6H3. The van der Waals surface area contributed by atoms with E-state index in [2.05, 4.69) is 0 Å². The largest absolute Gasteiger partial charge is 0.493 e. The SMILES string of the molecule is CC=C(CC)c1ccn(-c2ccc(C(F)(F)F)c(C(OC(C)(C)C)C(=O)OC)c2-c2ccc3c(c2)CCCO3)n1. The number of allylic oxidation sites excluding steroid dienone is 2. The van der Waals surface area contributed by atoms with E-state index in [1.54, 1.807) is 43.8 Å². The van der Waals surface area contributed by atoms with Crippen LogP contribution in [0.15, 0.2) is 48.7 Å². The molecule has 1 aromatic heterocycles. The van der Waals surface area contributed by atoms with E-state index in [9.17, 15) is 18.0 Å². The van der Waals surface area contributed by atoms with E-state index in [1.807, 2.05) is 32.1 Å². The summed E-state index contributed by atoms with van der Waals surface area (Å²) >= 11 is 0. The average Bonchev–Trinajstić information content (AvgIpc) is 3.39. The Morgan fingerprint density at radius 2 is 1.93 bits per heavy atom.